The van der Waals surface area contributed by atoms with E-state index in [-0.39, 0.29) is 9.26 Å². The molecule has 2 aliphatic rings. The fourth-order valence-electron chi connectivity index (χ4n) is 3.30. The monoisotopic (exact) mass is 463 g/mol. The molecular formula is C16H16F2IN3O3. The molecule has 1 aromatic rings. The van der Waals surface area contributed by atoms with Crippen LogP contribution in [-0.4, -0.2) is 34.3 Å². The summed E-state index contributed by atoms with van der Waals surface area (Å²) in [7, 11) is 0. The smallest absolute Gasteiger partial charge is 0.324 e. The number of benzene rings is 1. The molecule has 0 radical (unpaired) electrons. The minimum absolute atomic E-state index is 0.0742. The summed E-state index contributed by atoms with van der Waals surface area (Å²) in [5.74, 6) is -2.72. The van der Waals surface area contributed by atoms with E-state index in [1.165, 1.54) is 29.5 Å². The summed E-state index contributed by atoms with van der Waals surface area (Å²) in [5, 5.41) is 5.04. The van der Waals surface area contributed by atoms with Crippen molar-refractivity contribution in [3.8, 4) is 0 Å². The van der Waals surface area contributed by atoms with E-state index in [4.69, 9.17) is 0 Å². The van der Waals surface area contributed by atoms with Crippen LogP contribution in [-0.2, 0) is 9.59 Å². The van der Waals surface area contributed by atoms with Crippen LogP contribution in [0.5, 0.6) is 0 Å². The molecule has 2 N–H and O–H groups in total. The van der Waals surface area contributed by atoms with Gasteiger partial charge in [0.15, 0.2) is 0 Å². The summed E-state index contributed by atoms with van der Waals surface area (Å²) >= 11 is 1.52. The lowest BCUT2D eigenvalue weighted by atomic mass is 9.97. The third-order valence-corrected chi connectivity index (χ3v) is 5.70. The number of carbonyl (C=O) groups is 3. The summed E-state index contributed by atoms with van der Waals surface area (Å²) in [6.07, 6.45) is 2.77. The SMILES string of the molecule is CC(C(=O)Nc1cc(F)c(I)c(F)c1)N1C(=O)NC2(CCCC2)C1=O. The first kappa shape index (κ1) is 18.0. The van der Waals surface area contributed by atoms with Crippen LogP contribution in [0.15, 0.2) is 12.1 Å². The fraction of sp³-hybridized carbons (Fsp3) is 0.438. The lowest BCUT2D eigenvalue weighted by Crippen LogP contribution is -2.48. The van der Waals surface area contributed by atoms with Crippen LogP contribution >= 0.6 is 22.6 Å². The van der Waals surface area contributed by atoms with Crippen LogP contribution < -0.4 is 10.6 Å². The van der Waals surface area contributed by atoms with Gasteiger partial charge in [-0.15, -0.1) is 0 Å². The maximum Gasteiger partial charge on any atom is 0.325 e. The summed E-state index contributed by atoms with van der Waals surface area (Å²) < 4.78 is 27.0. The fourth-order valence-corrected chi connectivity index (χ4v) is 3.61. The van der Waals surface area contributed by atoms with E-state index in [1.54, 1.807) is 0 Å². The van der Waals surface area contributed by atoms with Crippen molar-refractivity contribution in [3.05, 3.63) is 27.3 Å². The molecule has 4 amide bonds. The first-order chi connectivity index (χ1) is 11.7. The Kier molecular flexibility index (Phi) is 4.69. The molecular weight excluding hydrogens is 447 g/mol. The number of nitrogens with zero attached hydrogens (tertiary/aromatic N) is 1. The minimum atomic E-state index is -1.10. The van der Waals surface area contributed by atoms with Gasteiger partial charge in [-0.2, -0.15) is 0 Å². The number of hydrogen-bond donors (Lipinski definition) is 2. The van der Waals surface area contributed by atoms with E-state index in [0.717, 1.165) is 29.9 Å². The highest BCUT2D eigenvalue weighted by Crippen LogP contribution is 2.35. The van der Waals surface area contributed by atoms with E-state index >= 15 is 0 Å². The average Bonchev–Trinajstić information content (AvgIpc) is 3.10. The van der Waals surface area contributed by atoms with E-state index in [1.807, 2.05) is 0 Å². The highest BCUT2D eigenvalue weighted by atomic mass is 127. The van der Waals surface area contributed by atoms with Crippen LogP contribution in [0, 0.1) is 15.2 Å². The predicted molar refractivity (Wildman–Crippen MR) is 93.7 cm³/mol. The second kappa shape index (κ2) is 6.50. The Morgan fingerprint density at radius 3 is 2.40 bits per heavy atom. The van der Waals surface area contributed by atoms with Gasteiger partial charge in [-0.25, -0.2) is 18.5 Å². The number of nitrogens with one attached hydrogen (secondary N) is 2. The van der Waals surface area contributed by atoms with E-state index in [0.29, 0.717) is 12.8 Å². The summed E-state index contributed by atoms with van der Waals surface area (Å²) in [6, 6.07) is 0.256. The zero-order valence-electron chi connectivity index (χ0n) is 13.4. The molecule has 6 nitrogen and oxygen atoms in total. The standard InChI is InChI=1S/C16H16F2IN3O3/c1-8(13(23)20-9-6-10(17)12(19)11(18)7-9)22-14(24)16(21-15(22)25)4-2-3-5-16/h6-8H,2-5H2,1H3,(H,20,23)(H,21,25). The normalized spacial score (nSPS) is 20.1. The van der Waals surface area contributed by atoms with Crippen molar-refractivity contribution in [1.29, 1.82) is 0 Å². The van der Waals surface area contributed by atoms with Gasteiger partial charge in [0.1, 0.15) is 23.2 Å². The predicted octanol–water partition coefficient (Wildman–Crippen LogP) is 2.76. The molecule has 9 heteroatoms. The van der Waals surface area contributed by atoms with Gasteiger partial charge in [0, 0.05) is 5.69 Å². The Morgan fingerprint density at radius 2 is 1.84 bits per heavy atom. The third-order valence-electron chi connectivity index (χ3n) is 4.67. The van der Waals surface area contributed by atoms with E-state index in [9.17, 15) is 23.2 Å². The van der Waals surface area contributed by atoms with Gasteiger partial charge < -0.3 is 10.6 Å². The second-order valence-electron chi connectivity index (χ2n) is 6.31. The van der Waals surface area contributed by atoms with Crippen molar-refractivity contribution in [3.63, 3.8) is 0 Å². The molecule has 1 aliphatic heterocycles. The first-order valence-electron chi connectivity index (χ1n) is 7.86. The number of rotatable bonds is 3. The average molecular weight is 463 g/mol. The summed E-state index contributed by atoms with van der Waals surface area (Å²) in [6.45, 7) is 1.40. The molecule has 1 saturated carbocycles. The molecule has 134 valence electrons. The maximum atomic E-state index is 13.6. The molecule has 1 saturated heterocycles. The molecule has 1 aromatic carbocycles. The topological polar surface area (TPSA) is 78.5 Å². The minimum Gasteiger partial charge on any atom is -0.324 e. The molecule has 1 spiro atoms. The van der Waals surface area contributed by atoms with Crippen LogP contribution in [0.2, 0.25) is 0 Å². The van der Waals surface area contributed by atoms with Crippen LogP contribution in [0.1, 0.15) is 32.6 Å². The molecule has 25 heavy (non-hydrogen) atoms. The Labute approximate surface area is 156 Å². The highest BCUT2D eigenvalue weighted by molar-refractivity contribution is 14.1. The van der Waals surface area contributed by atoms with Crippen molar-refractivity contribution in [2.45, 2.75) is 44.2 Å². The summed E-state index contributed by atoms with van der Waals surface area (Å²) in [4.78, 5) is 38.1. The quantitative estimate of drug-likeness (QED) is 0.411. The van der Waals surface area contributed by atoms with Crippen molar-refractivity contribution in [2.75, 3.05) is 5.32 Å². The molecule has 3 rings (SSSR count). The van der Waals surface area contributed by atoms with Gasteiger partial charge in [0.2, 0.25) is 5.91 Å². The number of anilines is 1. The van der Waals surface area contributed by atoms with E-state index < -0.39 is 41.1 Å². The first-order valence-corrected chi connectivity index (χ1v) is 8.94. The molecule has 1 atom stereocenters. The summed E-state index contributed by atoms with van der Waals surface area (Å²) in [5.41, 5.74) is -0.984. The molecule has 1 heterocycles. The highest BCUT2D eigenvalue weighted by Gasteiger charge is 2.54. The number of hydrogen-bond acceptors (Lipinski definition) is 3. The number of halogens is 3. The maximum absolute atomic E-state index is 13.6. The van der Waals surface area contributed by atoms with E-state index in [2.05, 4.69) is 10.6 Å². The largest absolute Gasteiger partial charge is 0.325 e. The third kappa shape index (κ3) is 3.09. The van der Waals surface area contributed by atoms with Crippen LogP contribution in [0.4, 0.5) is 19.3 Å². The van der Waals surface area contributed by atoms with Crippen molar-refractivity contribution >= 4 is 46.1 Å². The van der Waals surface area contributed by atoms with Gasteiger partial charge in [-0.05, 0) is 54.5 Å². The Morgan fingerprint density at radius 1 is 1.28 bits per heavy atom. The number of amides is 4. The molecule has 1 unspecified atom stereocenters. The van der Waals surface area contributed by atoms with Crippen molar-refractivity contribution < 1.29 is 23.2 Å². The lowest BCUT2D eigenvalue weighted by Gasteiger charge is -2.23. The number of urea groups is 1. The van der Waals surface area contributed by atoms with Crippen LogP contribution in [0.25, 0.3) is 0 Å². The zero-order valence-corrected chi connectivity index (χ0v) is 15.5. The Balaban J connectivity index is 1.76. The van der Waals surface area contributed by atoms with Gasteiger partial charge in [-0.1, -0.05) is 12.8 Å². The number of carbonyl (C=O) groups excluding carboxylic acids is 3. The zero-order chi connectivity index (χ0) is 18.4. The van der Waals surface area contributed by atoms with Crippen molar-refractivity contribution in [2.24, 2.45) is 0 Å². The molecule has 0 bridgehead atoms. The lowest BCUT2D eigenvalue weighted by molar-refractivity contribution is -0.136. The second-order valence-corrected chi connectivity index (χ2v) is 7.39. The molecule has 1 aliphatic carbocycles. The van der Waals surface area contributed by atoms with Gasteiger partial charge >= 0.3 is 6.03 Å². The van der Waals surface area contributed by atoms with Gasteiger partial charge in [0.25, 0.3) is 5.91 Å². The van der Waals surface area contributed by atoms with Gasteiger partial charge in [-0.3, -0.25) is 9.59 Å². The molecule has 0 aromatic heterocycles. The Bertz CT molecular complexity index is 742. The van der Waals surface area contributed by atoms with Crippen LogP contribution in [0.3, 0.4) is 0 Å². The molecule has 2 fully saturated rings. The van der Waals surface area contributed by atoms with Gasteiger partial charge in [0.05, 0.1) is 3.57 Å². The number of imide groups is 1. The Hall–Kier alpha value is -1.78. The van der Waals surface area contributed by atoms with Crippen molar-refractivity contribution in [1.82, 2.24) is 10.2 Å².